The van der Waals surface area contributed by atoms with Crippen LogP contribution in [0.15, 0.2) is 24.4 Å². The Morgan fingerprint density at radius 2 is 2.36 bits per heavy atom. The predicted molar refractivity (Wildman–Crippen MR) is 57.9 cm³/mol. The summed E-state index contributed by atoms with van der Waals surface area (Å²) in [5, 5.41) is 3.57. The predicted octanol–water partition coefficient (Wildman–Crippen LogP) is 2.36. The summed E-state index contributed by atoms with van der Waals surface area (Å²) in [5.74, 6) is 0.899. The fourth-order valence-electron chi connectivity index (χ4n) is 2.14. The lowest BCUT2D eigenvalue weighted by atomic mass is 10.1. The highest BCUT2D eigenvalue weighted by atomic mass is 14.9. The maximum Gasteiger partial charge on any atom is 0.0541 e. The van der Waals surface area contributed by atoms with Gasteiger partial charge in [-0.05, 0) is 37.3 Å². The van der Waals surface area contributed by atoms with Crippen LogP contribution in [-0.2, 0) is 6.54 Å². The minimum absolute atomic E-state index is 0.715. The summed E-state index contributed by atoms with van der Waals surface area (Å²) < 4.78 is 0. The molecule has 1 aromatic rings. The van der Waals surface area contributed by atoms with Gasteiger partial charge in [0.2, 0.25) is 0 Å². The second-order valence-corrected chi connectivity index (χ2v) is 4.32. The van der Waals surface area contributed by atoms with Crippen LogP contribution in [0.5, 0.6) is 0 Å². The molecule has 0 aromatic carbocycles. The van der Waals surface area contributed by atoms with Crippen LogP contribution in [0.2, 0.25) is 0 Å². The summed E-state index contributed by atoms with van der Waals surface area (Å²) in [6, 6.07) is 6.79. The van der Waals surface area contributed by atoms with Gasteiger partial charge in [-0.2, -0.15) is 0 Å². The second-order valence-electron chi connectivity index (χ2n) is 4.32. The molecule has 0 amide bonds. The summed E-state index contributed by atoms with van der Waals surface area (Å²) in [7, 11) is 0. The van der Waals surface area contributed by atoms with Crippen molar-refractivity contribution in [1.82, 2.24) is 10.3 Å². The molecule has 1 aromatic heterocycles. The van der Waals surface area contributed by atoms with Crippen LogP contribution in [0.3, 0.4) is 0 Å². The molecule has 1 fully saturated rings. The van der Waals surface area contributed by atoms with Gasteiger partial charge in [-0.1, -0.05) is 13.0 Å². The van der Waals surface area contributed by atoms with Crippen LogP contribution in [0, 0.1) is 5.92 Å². The quantitative estimate of drug-likeness (QED) is 0.791. The van der Waals surface area contributed by atoms with Crippen molar-refractivity contribution in [2.45, 2.75) is 38.8 Å². The standard InChI is InChI=1S/C12H18N2/c1-10-5-6-11(8-10)14-9-12-4-2-3-7-13-12/h2-4,7,10-11,14H,5-6,8-9H2,1H3. The number of nitrogens with zero attached hydrogens (tertiary/aromatic N) is 1. The van der Waals surface area contributed by atoms with Gasteiger partial charge in [0, 0.05) is 18.8 Å². The molecule has 0 bridgehead atoms. The largest absolute Gasteiger partial charge is 0.308 e. The van der Waals surface area contributed by atoms with Gasteiger partial charge < -0.3 is 5.32 Å². The molecule has 2 rings (SSSR count). The number of rotatable bonds is 3. The van der Waals surface area contributed by atoms with E-state index in [4.69, 9.17) is 0 Å². The molecule has 1 aliphatic carbocycles. The van der Waals surface area contributed by atoms with E-state index in [0.29, 0.717) is 6.04 Å². The van der Waals surface area contributed by atoms with Gasteiger partial charge in [-0.25, -0.2) is 0 Å². The van der Waals surface area contributed by atoms with Gasteiger partial charge in [-0.3, -0.25) is 4.98 Å². The molecule has 2 nitrogen and oxygen atoms in total. The smallest absolute Gasteiger partial charge is 0.0541 e. The average molecular weight is 190 g/mol. The Morgan fingerprint density at radius 1 is 1.43 bits per heavy atom. The van der Waals surface area contributed by atoms with Crippen molar-refractivity contribution in [2.75, 3.05) is 0 Å². The van der Waals surface area contributed by atoms with Crippen molar-refractivity contribution in [3.8, 4) is 0 Å². The molecular weight excluding hydrogens is 172 g/mol. The third kappa shape index (κ3) is 2.55. The van der Waals surface area contributed by atoms with Crippen molar-refractivity contribution < 1.29 is 0 Å². The number of hydrogen-bond acceptors (Lipinski definition) is 2. The fourth-order valence-corrected chi connectivity index (χ4v) is 2.14. The molecule has 1 N–H and O–H groups in total. The molecule has 0 radical (unpaired) electrons. The molecule has 0 aliphatic heterocycles. The highest BCUT2D eigenvalue weighted by Gasteiger charge is 2.20. The first-order valence-electron chi connectivity index (χ1n) is 5.48. The normalized spacial score (nSPS) is 26.6. The Labute approximate surface area is 85.7 Å². The number of pyridine rings is 1. The zero-order valence-corrected chi connectivity index (χ0v) is 8.74. The summed E-state index contributed by atoms with van der Waals surface area (Å²) in [5.41, 5.74) is 1.15. The van der Waals surface area contributed by atoms with E-state index >= 15 is 0 Å². The highest BCUT2D eigenvalue weighted by Crippen LogP contribution is 2.24. The minimum atomic E-state index is 0.715. The third-order valence-corrected chi connectivity index (χ3v) is 2.99. The molecule has 2 heteroatoms. The second kappa shape index (κ2) is 4.56. The molecule has 1 saturated carbocycles. The van der Waals surface area contributed by atoms with E-state index in [1.54, 1.807) is 0 Å². The molecule has 2 unspecified atom stereocenters. The topological polar surface area (TPSA) is 24.9 Å². The molecule has 14 heavy (non-hydrogen) atoms. The van der Waals surface area contributed by atoms with E-state index in [9.17, 15) is 0 Å². The van der Waals surface area contributed by atoms with E-state index in [-0.39, 0.29) is 0 Å². The van der Waals surface area contributed by atoms with Crippen LogP contribution < -0.4 is 5.32 Å². The summed E-state index contributed by atoms with van der Waals surface area (Å²) in [4.78, 5) is 4.30. The van der Waals surface area contributed by atoms with E-state index in [1.807, 2.05) is 18.3 Å². The van der Waals surface area contributed by atoms with Gasteiger partial charge in [0.05, 0.1) is 5.69 Å². The van der Waals surface area contributed by atoms with Gasteiger partial charge in [0.15, 0.2) is 0 Å². The number of nitrogens with one attached hydrogen (secondary N) is 1. The van der Waals surface area contributed by atoms with Gasteiger partial charge in [-0.15, -0.1) is 0 Å². The van der Waals surface area contributed by atoms with Crippen molar-refractivity contribution in [2.24, 2.45) is 5.92 Å². The third-order valence-electron chi connectivity index (χ3n) is 2.99. The zero-order chi connectivity index (χ0) is 9.80. The van der Waals surface area contributed by atoms with Gasteiger partial charge in [0.1, 0.15) is 0 Å². The van der Waals surface area contributed by atoms with Crippen LogP contribution >= 0.6 is 0 Å². The van der Waals surface area contributed by atoms with Crippen LogP contribution in [-0.4, -0.2) is 11.0 Å². The Balaban J connectivity index is 1.78. The van der Waals surface area contributed by atoms with Crippen LogP contribution in [0.4, 0.5) is 0 Å². The van der Waals surface area contributed by atoms with Crippen molar-refractivity contribution in [3.05, 3.63) is 30.1 Å². The van der Waals surface area contributed by atoms with E-state index in [0.717, 1.165) is 18.2 Å². The Hall–Kier alpha value is -0.890. The molecule has 76 valence electrons. The zero-order valence-electron chi connectivity index (χ0n) is 8.74. The van der Waals surface area contributed by atoms with Gasteiger partial charge in [0.25, 0.3) is 0 Å². The van der Waals surface area contributed by atoms with E-state index in [1.165, 1.54) is 19.3 Å². The lowest BCUT2D eigenvalue weighted by Crippen LogP contribution is -2.26. The Bertz CT molecular complexity index is 271. The van der Waals surface area contributed by atoms with Crippen LogP contribution in [0.25, 0.3) is 0 Å². The number of hydrogen-bond donors (Lipinski definition) is 1. The highest BCUT2D eigenvalue weighted by molar-refractivity contribution is 5.03. The molecule has 1 aliphatic rings. The molecule has 0 saturated heterocycles. The fraction of sp³-hybridized carbons (Fsp3) is 0.583. The van der Waals surface area contributed by atoms with Crippen LogP contribution in [0.1, 0.15) is 31.9 Å². The summed E-state index contributed by atoms with van der Waals surface area (Å²) >= 11 is 0. The summed E-state index contributed by atoms with van der Waals surface area (Å²) in [6.45, 7) is 3.25. The maximum atomic E-state index is 4.30. The first-order chi connectivity index (χ1) is 6.84. The Morgan fingerprint density at radius 3 is 3.00 bits per heavy atom. The monoisotopic (exact) mass is 190 g/mol. The summed E-state index contributed by atoms with van der Waals surface area (Å²) in [6.07, 6.45) is 5.88. The minimum Gasteiger partial charge on any atom is -0.308 e. The van der Waals surface area contributed by atoms with Gasteiger partial charge >= 0.3 is 0 Å². The maximum absolute atomic E-state index is 4.30. The number of aromatic nitrogens is 1. The molecule has 0 spiro atoms. The first kappa shape index (κ1) is 9.66. The van der Waals surface area contributed by atoms with E-state index < -0.39 is 0 Å². The average Bonchev–Trinajstić information content (AvgIpc) is 2.63. The van der Waals surface area contributed by atoms with E-state index in [2.05, 4.69) is 23.3 Å². The first-order valence-corrected chi connectivity index (χ1v) is 5.48. The molecular formula is C12H18N2. The molecule has 2 atom stereocenters. The Kier molecular flexibility index (Phi) is 3.14. The van der Waals surface area contributed by atoms with Crippen molar-refractivity contribution >= 4 is 0 Å². The van der Waals surface area contributed by atoms with Crippen molar-refractivity contribution in [1.29, 1.82) is 0 Å². The van der Waals surface area contributed by atoms with Crippen molar-refractivity contribution in [3.63, 3.8) is 0 Å². The lowest BCUT2D eigenvalue weighted by molar-refractivity contribution is 0.498. The SMILES string of the molecule is CC1CCC(NCc2ccccn2)C1. The molecule has 1 heterocycles. The lowest BCUT2D eigenvalue weighted by Gasteiger charge is -2.11.